The third kappa shape index (κ3) is 3.35. The number of fused-ring (bicyclic) bond motifs is 3. The highest BCUT2D eigenvalue weighted by Crippen LogP contribution is 2.29. The van der Waals surface area contributed by atoms with Gasteiger partial charge < -0.3 is 9.88 Å². The Bertz CT molecular complexity index is 1270. The van der Waals surface area contributed by atoms with Gasteiger partial charge in [-0.15, -0.1) is 0 Å². The number of nitrogens with one attached hydrogen (secondary N) is 1. The highest BCUT2D eigenvalue weighted by Gasteiger charge is 2.17. The standard InChI is InChI=1S/C24H24N4O.CH4/c1-16-3-6-21(26-15-16)17-9-12-28(24(29)13-17)18-4-5-19-20-7-10-25-11-8-22(20)27(2)23(19)14-18;/h3-6,9,12-15,25H,7-8,10-11H2,1-2H3;1H4. The number of nitrogens with zero attached hydrogens (tertiary/aromatic N) is 3. The van der Waals surface area contributed by atoms with Gasteiger partial charge in [0, 0.05) is 55.1 Å². The van der Waals surface area contributed by atoms with Gasteiger partial charge in [-0.05, 0) is 55.3 Å². The minimum atomic E-state index is -0.0517. The van der Waals surface area contributed by atoms with E-state index < -0.39 is 0 Å². The van der Waals surface area contributed by atoms with Crippen LogP contribution in [0.3, 0.4) is 0 Å². The Balaban J connectivity index is 0.00000218. The van der Waals surface area contributed by atoms with Gasteiger partial charge >= 0.3 is 0 Å². The van der Waals surface area contributed by atoms with Crippen LogP contribution in [0, 0.1) is 6.92 Å². The zero-order valence-corrected chi connectivity index (χ0v) is 16.8. The average Bonchev–Trinajstić information content (AvgIpc) is 2.89. The highest BCUT2D eigenvalue weighted by molar-refractivity contribution is 5.87. The van der Waals surface area contributed by atoms with E-state index in [1.54, 1.807) is 10.6 Å². The zero-order valence-electron chi connectivity index (χ0n) is 16.8. The maximum atomic E-state index is 12.9. The average molecular weight is 401 g/mol. The smallest absolute Gasteiger partial charge is 0.255 e. The number of hydrogen-bond acceptors (Lipinski definition) is 3. The van der Waals surface area contributed by atoms with Crippen LogP contribution in [-0.2, 0) is 19.9 Å². The zero-order chi connectivity index (χ0) is 20.0. The molecule has 0 amide bonds. The fourth-order valence-corrected chi connectivity index (χ4v) is 4.34. The fraction of sp³-hybridized carbons (Fsp3) is 0.280. The van der Waals surface area contributed by atoms with Crippen LogP contribution in [0.4, 0.5) is 0 Å². The second-order valence-electron chi connectivity index (χ2n) is 7.78. The van der Waals surface area contributed by atoms with E-state index in [1.165, 1.54) is 22.2 Å². The summed E-state index contributed by atoms with van der Waals surface area (Å²) in [6, 6.07) is 13.9. The summed E-state index contributed by atoms with van der Waals surface area (Å²) in [5, 5.41) is 4.77. The molecular weight excluding hydrogens is 372 g/mol. The van der Waals surface area contributed by atoms with E-state index in [1.807, 2.05) is 43.6 Å². The quantitative estimate of drug-likeness (QED) is 0.553. The first-order valence-corrected chi connectivity index (χ1v) is 10.1. The van der Waals surface area contributed by atoms with E-state index in [0.717, 1.165) is 48.4 Å². The number of aryl methyl sites for hydroxylation is 2. The van der Waals surface area contributed by atoms with Gasteiger partial charge in [-0.1, -0.05) is 19.6 Å². The Kier molecular flexibility index (Phi) is 5.31. The Morgan fingerprint density at radius 1 is 1.03 bits per heavy atom. The van der Waals surface area contributed by atoms with E-state index in [4.69, 9.17) is 0 Å². The third-order valence-corrected chi connectivity index (χ3v) is 5.92. The van der Waals surface area contributed by atoms with Crippen molar-refractivity contribution in [3.8, 4) is 16.9 Å². The molecule has 1 aliphatic heterocycles. The van der Waals surface area contributed by atoms with Crippen LogP contribution in [0.5, 0.6) is 0 Å². The van der Waals surface area contributed by atoms with Crippen LogP contribution in [0.1, 0.15) is 24.2 Å². The number of rotatable bonds is 2. The summed E-state index contributed by atoms with van der Waals surface area (Å²) in [5.74, 6) is 0. The molecule has 1 aromatic carbocycles. The van der Waals surface area contributed by atoms with Crippen LogP contribution < -0.4 is 10.9 Å². The predicted molar refractivity (Wildman–Crippen MR) is 123 cm³/mol. The van der Waals surface area contributed by atoms with E-state index in [-0.39, 0.29) is 13.0 Å². The molecule has 1 aliphatic rings. The molecule has 30 heavy (non-hydrogen) atoms. The molecule has 0 radical (unpaired) electrons. The summed E-state index contributed by atoms with van der Waals surface area (Å²) in [6.07, 6.45) is 5.75. The second kappa shape index (κ2) is 7.92. The molecule has 0 bridgehead atoms. The third-order valence-electron chi connectivity index (χ3n) is 5.92. The van der Waals surface area contributed by atoms with Gasteiger partial charge in [0.2, 0.25) is 0 Å². The lowest BCUT2D eigenvalue weighted by Crippen LogP contribution is -2.17. The number of aromatic nitrogens is 3. The van der Waals surface area contributed by atoms with E-state index in [9.17, 15) is 4.79 Å². The summed E-state index contributed by atoms with van der Waals surface area (Å²) in [7, 11) is 2.13. The van der Waals surface area contributed by atoms with E-state index in [0.29, 0.717) is 0 Å². The number of hydrogen-bond donors (Lipinski definition) is 1. The molecule has 0 aliphatic carbocycles. The van der Waals surface area contributed by atoms with Crippen molar-refractivity contribution in [2.45, 2.75) is 27.2 Å². The molecule has 4 aromatic rings. The summed E-state index contributed by atoms with van der Waals surface area (Å²) >= 11 is 0. The molecular formula is C25H28N4O. The molecule has 0 spiro atoms. The van der Waals surface area contributed by atoms with Crippen LogP contribution in [0.25, 0.3) is 27.8 Å². The molecule has 5 heteroatoms. The van der Waals surface area contributed by atoms with Crippen molar-refractivity contribution in [3.05, 3.63) is 82.0 Å². The molecule has 3 aromatic heterocycles. The Morgan fingerprint density at radius 2 is 1.87 bits per heavy atom. The molecule has 154 valence electrons. The van der Waals surface area contributed by atoms with Crippen molar-refractivity contribution in [1.29, 1.82) is 0 Å². The van der Waals surface area contributed by atoms with E-state index in [2.05, 4.69) is 34.0 Å². The molecule has 5 rings (SSSR count). The minimum absolute atomic E-state index is 0. The van der Waals surface area contributed by atoms with Gasteiger partial charge in [0.25, 0.3) is 5.56 Å². The molecule has 5 nitrogen and oxygen atoms in total. The lowest BCUT2D eigenvalue weighted by molar-refractivity contribution is 0.699. The second-order valence-corrected chi connectivity index (χ2v) is 7.78. The van der Waals surface area contributed by atoms with Gasteiger partial charge in [-0.3, -0.25) is 14.3 Å². The predicted octanol–water partition coefficient (Wildman–Crippen LogP) is 4.02. The van der Waals surface area contributed by atoms with Crippen molar-refractivity contribution in [2.75, 3.05) is 13.1 Å². The highest BCUT2D eigenvalue weighted by atomic mass is 16.1. The Morgan fingerprint density at radius 3 is 2.63 bits per heavy atom. The van der Waals surface area contributed by atoms with Crippen molar-refractivity contribution >= 4 is 10.9 Å². The Labute approximate surface area is 177 Å². The fourth-order valence-electron chi connectivity index (χ4n) is 4.34. The summed E-state index contributed by atoms with van der Waals surface area (Å²) in [6.45, 7) is 4.03. The van der Waals surface area contributed by atoms with Gasteiger partial charge in [-0.2, -0.15) is 0 Å². The molecule has 0 unspecified atom stereocenters. The first-order chi connectivity index (χ1) is 14.1. The first-order valence-electron chi connectivity index (χ1n) is 10.1. The van der Waals surface area contributed by atoms with Crippen LogP contribution in [0.2, 0.25) is 0 Å². The summed E-state index contributed by atoms with van der Waals surface area (Å²) < 4.78 is 3.99. The number of pyridine rings is 2. The largest absolute Gasteiger partial charge is 0.347 e. The van der Waals surface area contributed by atoms with Crippen LogP contribution >= 0.6 is 0 Å². The molecule has 4 heterocycles. The number of benzene rings is 1. The maximum Gasteiger partial charge on any atom is 0.255 e. The van der Waals surface area contributed by atoms with Crippen molar-refractivity contribution in [2.24, 2.45) is 7.05 Å². The van der Waals surface area contributed by atoms with Crippen molar-refractivity contribution in [1.82, 2.24) is 19.4 Å². The summed E-state index contributed by atoms with van der Waals surface area (Å²) in [5.41, 5.74) is 7.62. The molecule has 0 fully saturated rings. The first kappa shape index (κ1) is 20.1. The normalized spacial score (nSPS) is 13.5. The topological polar surface area (TPSA) is 51.9 Å². The molecule has 0 saturated carbocycles. The van der Waals surface area contributed by atoms with Gasteiger partial charge in [0.1, 0.15) is 0 Å². The summed E-state index contributed by atoms with van der Waals surface area (Å²) in [4.78, 5) is 17.3. The lowest BCUT2D eigenvalue weighted by atomic mass is 10.1. The van der Waals surface area contributed by atoms with E-state index >= 15 is 0 Å². The Hall–Kier alpha value is -3.18. The van der Waals surface area contributed by atoms with Crippen molar-refractivity contribution < 1.29 is 0 Å². The molecule has 0 saturated heterocycles. The lowest BCUT2D eigenvalue weighted by Gasteiger charge is -2.09. The van der Waals surface area contributed by atoms with Crippen LogP contribution in [-0.4, -0.2) is 27.2 Å². The van der Waals surface area contributed by atoms with Crippen LogP contribution in [0.15, 0.2) is 59.7 Å². The molecule has 1 N–H and O–H groups in total. The van der Waals surface area contributed by atoms with Gasteiger partial charge in [0.05, 0.1) is 16.9 Å². The SMILES string of the molecule is C.Cc1ccc(-c2ccn(-c3ccc4c5c(n(C)c4c3)CCNCC5)c(=O)c2)nc1. The van der Waals surface area contributed by atoms with Crippen molar-refractivity contribution in [3.63, 3.8) is 0 Å². The monoisotopic (exact) mass is 400 g/mol. The molecule has 0 atom stereocenters. The minimum Gasteiger partial charge on any atom is -0.347 e. The van der Waals surface area contributed by atoms with Gasteiger partial charge in [0.15, 0.2) is 0 Å². The maximum absolute atomic E-state index is 12.9. The van der Waals surface area contributed by atoms with Gasteiger partial charge in [-0.25, -0.2) is 0 Å².